The van der Waals surface area contributed by atoms with E-state index < -0.39 is 0 Å². The summed E-state index contributed by atoms with van der Waals surface area (Å²) in [5.74, 6) is 1.67. The van der Waals surface area contributed by atoms with Gasteiger partial charge in [0.05, 0.1) is 24.8 Å². The first-order chi connectivity index (χ1) is 11.7. The third-order valence-electron chi connectivity index (χ3n) is 3.79. The molecule has 0 fully saturated rings. The minimum absolute atomic E-state index is 0.806. The second kappa shape index (κ2) is 7.17. The highest BCUT2D eigenvalue weighted by Crippen LogP contribution is 2.25. The first kappa shape index (κ1) is 16.1. The minimum Gasteiger partial charge on any atom is -0.495 e. The molecule has 24 heavy (non-hydrogen) atoms. The molecule has 0 amide bonds. The number of ether oxygens (including phenoxy) is 1. The van der Waals surface area contributed by atoms with Crippen molar-refractivity contribution in [3.8, 4) is 11.4 Å². The molecule has 0 aliphatic rings. The van der Waals surface area contributed by atoms with Gasteiger partial charge in [0, 0.05) is 18.1 Å². The number of H-pyrrole nitrogens is 1. The van der Waals surface area contributed by atoms with Gasteiger partial charge in [0.1, 0.15) is 11.6 Å². The minimum atomic E-state index is 0.806. The lowest BCUT2D eigenvalue weighted by Crippen LogP contribution is -1.95. The van der Waals surface area contributed by atoms with Gasteiger partial charge in [-0.05, 0) is 37.1 Å². The van der Waals surface area contributed by atoms with Crippen LogP contribution < -0.4 is 4.74 Å². The van der Waals surface area contributed by atoms with Crippen LogP contribution in [0.25, 0.3) is 17.8 Å². The maximum Gasteiger partial charge on any atom is 0.143 e. The van der Waals surface area contributed by atoms with E-state index in [0.717, 1.165) is 41.4 Å². The Balaban J connectivity index is 1.82. The Morgan fingerprint density at radius 2 is 2.12 bits per heavy atom. The molecule has 0 saturated heterocycles. The van der Waals surface area contributed by atoms with E-state index in [1.54, 1.807) is 13.4 Å². The number of hydrogen-bond donors (Lipinski definition) is 1. The topological polar surface area (TPSA) is 55.7 Å². The molecular weight excluding hydrogens is 300 g/mol. The second-order valence-electron chi connectivity index (χ2n) is 5.73. The molecule has 5 nitrogen and oxygen atoms in total. The molecule has 0 aliphatic carbocycles. The SMILES string of the molecule is CCCc1cnc(C=Cc2ccc(-n3cnc(C)c3)c(OC)c2)[nH]1. The third-order valence-corrected chi connectivity index (χ3v) is 3.79. The Labute approximate surface area is 142 Å². The number of methoxy groups -OCH3 is 1. The molecule has 2 heterocycles. The lowest BCUT2D eigenvalue weighted by molar-refractivity contribution is 0.413. The maximum atomic E-state index is 5.53. The molecule has 2 aromatic heterocycles. The third kappa shape index (κ3) is 3.56. The van der Waals surface area contributed by atoms with Gasteiger partial charge in [-0.15, -0.1) is 0 Å². The monoisotopic (exact) mass is 322 g/mol. The number of nitrogens with zero attached hydrogens (tertiary/aromatic N) is 3. The summed E-state index contributed by atoms with van der Waals surface area (Å²) in [6, 6.07) is 6.10. The van der Waals surface area contributed by atoms with Gasteiger partial charge in [0.25, 0.3) is 0 Å². The van der Waals surface area contributed by atoms with Crippen LogP contribution in [0.15, 0.2) is 36.9 Å². The highest BCUT2D eigenvalue weighted by atomic mass is 16.5. The van der Waals surface area contributed by atoms with Crippen LogP contribution in [0.3, 0.4) is 0 Å². The summed E-state index contributed by atoms with van der Waals surface area (Å²) in [5.41, 5.74) is 4.17. The Hall–Kier alpha value is -2.82. The molecule has 0 unspecified atom stereocenters. The lowest BCUT2D eigenvalue weighted by atomic mass is 10.1. The summed E-state index contributed by atoms with van der Waals surface area (Å²) in [5, 5.41) is 0. The fourth-order valence-electron chi connectivity index (χ4n) is 2.60. The van der Waals surface area contributed by atoms with Gasteiger partial charge < -0.3 is 14.3 Å². The van der Waals surface area contributed by atoms with Gasteiger partial charge in [-0.2, -0.15) is 0 Å². The smallest absolute Gasteiger partial charge is 0.143 e. The molecule has 0 aliphatic heterocycles. The Bertz CT molecular complexity index is 845. The highest BCUT2D eigenvalue weighted by Gasteiger charge is 2.06. The zero-order chi connectivity index (χ0) is 16.9. The average molecular weight is 322 g/mol. The van der Waals surface area contributed by atoms with E-state index in [1.807, 2.05) is 48.2 Å². The van der Waals surface area contributed by atoms with Crippen LogP contribution in [-0.2, 0) is 6.42 Å². The number of nitrogens with one attached hydrogen (secondary N) is 1. The van der Waals surface area contributed by atoms with Gasteiger partial charge in [0.2, 0.25) is 0 Å². The largest absolute Gasteiger partial charge is 0.495 e. The van der Waals surface area contributed by atoms with Crippen LogP contribution >= 0.6 is 0 Å². The van der Waals surface area contributed by atoms with Crippen molar-refractivity contribution in [3.05, 3.63) is 59.7 Å². The number of hydrogen-bond acceptors (Lipinski definition) is 3. The molecule has 0 radical (unpaired) electrons. The van der Waals surface area contributed by atoms with E-state index >= 15 is 0 Å². The molecule has 1 aromatic carbocycles. The number of aromatic nitrogens is 4. The number of aryl methyl sites for hydroxylation is 2. The Kier molecular flexibility index (Phi) is 4.79. The van der Waals surface area contributed by atoms with Crippen molar-refractivity contribution < 1.29 is 4.74 Å². The standard InChI is InChI=1S/C19H22N4O/c1-4-5-16-11-20-19(22-16)9-7-15-6-8-17(18(10-15)24-3)23-12-14(2)21-13-23/h6-13H,4-5H2,1-3H3,(H,20,22). The van der Waals surface area contributed by atoms with Crippen molar-refractivity contribution in [1.82, 2.24) is 19.5 Å². The zero-order valence-corrected chi connectivity index (χ0v) is 14.3. The van der Waals surface area contributed by atoms with Crippen LogP contribution in [0.2, 0.25) is 0 Å². The molecule has 3 rings (SSSR count). The summed E-state index contributed by atoms with van der Waals surface area (Å²) in [4.78, 5) is 12.0. The van der Waals surface area contributed by atoms with E-state index in [-0.39, 0.29) is 0 Å². The summed E-state index contributed by atoms with van der Waals surface area (Å²) < 4.78 is 7.50. The maximum absolute atomic E-state index is 5.53. The fourth-order valence-corrected chi connectivity index (χ4v) is 2.60. The van der Waals surface area contributed by atoms with Crippen LogP contribution in [-0.4, -0.2) is 26.6 Å². The van der Waals surface area contributed by atoms with Crippen LogP contribution in [0.4, 0.5) is 0 Å². The molecule has 124 valence electrons. The molecule has 0 spiro atoms. The normalized spacial score (nSPS) is 11.3. The molecule has 0 saturated carbocycles. The summed E-state index contributed by atoms with van der Waals surface area (Å²) in [6.07, 6.45) is 11.8. The van der Waals surface area contributed by atoms with E-state index in [1.165, 1.54) is 5.69 Å². The molecule has 0 bridgehead atoms. The van der Waals surface area contributed by atoms with Gasteiger partial charge in [0.15, 0.2) is 0 Å². The van der Waals surface area contributed by atoms with Crippen molar-refractivity contribution in [2.24, 2.45) is 0 Å². The van der Waals surface area contributed by atoms with Crippen molar-refractivity contribution in [1.29, 1.82) is 0 Å². The number of rotatable bonds is 6. The van der Waals surface area contributed by atoms with Gasteiger partial charge in [-0.3, -0.25) is 0 Å². The first-order valence-electron chi connectivity index (χ1n) is 8.10. The highest BCUT2D eigenvalue weighted by molar-refractivity contribution is 5.69. The first-order valence-corrected chi connectivity index (χ1v) is 8.10. The van der Waals surface area contributed by atoms with Crippen LogP contribution in [0, 0.1) is 6.92 Å². The van der Waals surface area contributed by atoms with Crippen molar-refractivity contribution >= 4 is 12.2 Å². The summed E-state index contributed by atoms with van der Waals surface area (Å²) >= 11 is 0. The molecule has 0 atom stereocenters. The van der Waals surface area contributed by atoms with Crippen molar-refractivity contribution in [2.45, 2.75) is 26.7 Å². The fraction of sp³-hybridized carbons (Fsp3) is 0.263. The number of benzene rings is 1. The Morgan fingerprint density at radius 1 is 1.25 bits per heavy atom. The average Bonchev–Trinajstić information content (AvgIpc) is 3.22. The Morgan fingerprint density at radius 3 is 2.83 bits per heavy atom. The van der Waals surface area contributed by atoms with E-state index in [4.69, 9.17) is 4.74 Å². The zero-order valence-electron chi connectivity index (χ0n) is 14.3. The van der Waals surface area contributed by atoms with Crippen molar-refractivity contribution in [2.75, 3.05) is 7.11 Å². The van der Waals surface area contributed by atoms with E-state index in [2.05, 4.69) is 27.9 Å². The summed E-state index contributed by atoms with van der Waals surface area (Å²) in [7, 11) is 1.68. The predicted molar refractivity (Wildman–Crippen MR) is 96.4 cm³/mol. The lowest BCUT2D eigenvalue weighted by Gasteiger charge is -2.09. The van der Waals surface area contributed by atoms with Crippen LogP contribution in [0.1, 0.15) is 36.1 Å². The molecule has 1 N–H and O–H groups in total. The summed E-state index contributed by atoms with van der Waals surface area (Å²) in [6.45, 7) is 4.13. The van der Waals surface area contributed by atoms with Gasteiger partial charge in [-0.25, -0.2) is 9.97 Å². The van der Waals surface area contributed by atoms with Crippen LogP contribution in [0.5, 0.6) is 5.75 Å². The number of aromatic amines is 1. The molecule has 3 aromatic rings. The van der Waals surface area contributed by atoms with E-state index in [0.29, 0.717) is 0 Å². The van der Waals surface area contributed by atoms with Crippen molar-refractivity contribution in [3.63, 3.8) is 0 Å². The van der Waals surface area contributed by atoms with Gasteiger partial charge >= 0.3 is 0 Å². The number of imidazole rings is 2. The predicted octanol–water partition coefficient (Wildman–Crippen LogP) is 4.04. The van der Waals surface area contributed by atoms with E-state index in [9.17, 15) is 0 Å². The van der Waals surface area contributed by atoms with Gasteiger partial charge in [-0.1, -0.05) is 25.5 Å². The molecular formula is C19H22N4O. The second-order valence-corrected chi connectivity index (χ2v) is 5.73. The quantitative estimate of drug-likeness (QED) is 0.745. The molecule has 5 heteroatoms.